The molecule has 0 aliphatic carbocycles. The first-order valence-electron chi connectivity index (χ1n) is 9.77. The Labute approximate surface area is 181 Å². The summed E-state index contributed by atoms with van der Waals surface area (Å²) in [7, 11) is 0. The zero-order valence-corrected chi connectivity index (χ0v) is 16.6. The van der Waals surface area contributed by atoms with Gasteiger partial charge >= 0.3 is 5.97 Å². The Balaban J connectivity index is 1.42. The molecule has 0 bridgehead atoms. The van der Waals surface area contributed by atoms with Gasteiger partial charge in [-0.3, -0.25) is 4.79 Å². The molecule has 0 saturated heterocycles. The Morgan fingerprint density at radius 2 is 1.56 bits per heavy atom. The maximum absolute atomic E-state index is 13.8. The van der Waals surface area contributed by atoms with Gasteiger partial charge in [0.05, 0.1) is 10.9 Å². The monoisotopic (exact) mass is 426 g/mol. The van der Waals surface area contributed by atoms with Crippen LogP contribution in [0.15, 0.2) is 100 Å². The van der Waals surface area contributed by atoms with Crippen LogP contribution in [0.5, 0.6) is 17.2 Å². The highest BCUT2D eigenvalue weighted by atomic mass is 19.1. The van der Waals surface area contributed by atoms with E-state index in [1.54, 1.807) is 6.07 Å². The van der Waals surface area contributed by atoms with Crippen LogP contribution in [0, 0.1) is 5.82 Å². The van der Waals surface area contributed by atoms with Crippen molar-refractivity contribution in [3.63, 3.8) is 0 Å². The van der Waals surface area contributed by atoms with E-state index < -0.39 is 11.8 Å². The van der Waals surface area contributed by atoms with Crippen LogP contribution in [-0.4, -0.2) is 5.97 Å². The fourth-order valence-corrected chi connectivity index (χ4v) is 3.37. The van der Waals surface area contributed by atoms with Crippen LogP contribution in [0.3, 0.4) is 0 Å². The van der Waals surface area contributed by atoms with Crippen LogP contribution in [0.4, 0.5) is 4.39 Å². The Morgan fingerprint density at radius 1 is 0.812 bits per heavy atom. The summed E-state index contributed by atoms with van der Waals surface area (Å²) in [6.07, 6.45) is 1.21. The molecule has 0 spiro atoms. The van der Waals surface area contributed by atoms with E-state index in [-0.39, 0.29) is 33.5 Å². The van der Waals surface area contributed by atoms with Crippen LogP contribution >= 0.6 is 0 Å². The molecule has 6 heteroatoms. The first kappa shape index (κ1) is 19.5. The van der Waals surface area contributed by atoms with Crippen LogP contribution in [0.25, 0.3) is 21.7 Å². The number of rotatable bonds is 4. The number of esters is 1. The van der Waals surface area contributed by atoms with Gasteiger partial charge in [0, 0.05) is 6.07 Å². The molecule has 0 saturated carbocycles. The lowest BCUT2D eigenvalue weighted by Gasteiger charge is -2.08. The lowest BCUT2D eigenvalue weighted by molar-refractivity contribution is 0.0730. The Morgan fingerprint density at radius 3 is 2.41 bits per heavy atom. The van der Waals surface area contributed by atoms with Crippen molar-refractivity contribution in [3.05, 3.63) is 113 Å². The van der Waals surface area contributed by atoms with E-state index in [1.807, 2.05) is 36.4 Å². The summed E-state index contributed by atoms with van der Waals surface area (Å²) in [6.45, 7) is 0. The Hall–Kier alpha value is -4.45. The first-order chi connectivity index (χ1) is 15.6. The minimum atomic E-state index is -0.846. The normalized spacial score (nSPS) is 10.9. The minimum absolute atomic E-state index is 0.0314. The number of benzene rings is 4. The highest BCUT2D eigenvalue weighted by molar-refractivity contribution is 5.92. The smallest absolute Gasteiger partial charge is 0.346 e. The molecule has 5 nitrogen and oxygen atoms in total. The second-order valence-electron chi connectivity index (χ2n) is 7.07. The summed E-state index contributed by atoms with van der Waals surface area (Å²) in [4.78, 5) is 25.1. The van der Waals surface area contributed by atoms with Gasteiger partial charge in [0.25, 0.3) is 0 Å². The van der Waals surface area contributed by atoms with Crippen molar-refractivity contribution in [2.45, 2.75) is 0 Å². The van der Waals surface area contributed by atoms with Crippen LogP contribution in [0.2, 0.25) is 0 Å². The van der Waals surface area contributed by atoms with Gasteiger partial charge in [-0.25, -0.2) is 9.18 Å². The molecule has 0 atom stereocenters. The number of ether oxygens (including phenoxy) is 2. The molecule has 5 aromatic rings. The van der Waals surface area contributed by atoms with Gasteiger partial charge in [-0.1, -0.05) is 42.5 Å². The Bertz CT molecular complexity index is 1540. The van der Waals surface area contributed by atoms with Gasteiger partial charge in [0.1, 0.15) is 29.2 Å². The van der Waals surface area contributed by atoms with Crippen molar-refractivity contribution < 1.29 is 23.1 Å². The average molecular weight is 426 g/mol. The standard InChI is InChI=1S/C26H15FO5/c27-22-8-4-3-7-20(22)26(29)32-19-11-12-21-23(14-19)30-15-24(25(21)28)31-18-10-9-16-5-1-2-6-17(16)13-18/h1-15H. The molecule has 0 fully saturated rings. The maximum Gasteiger partial charge on any atom is 0.346 e. The second-order valence-corrected chi connectivity index (χ2v) is 7.07. The zero-order valence-electron chi connectivity index (χ0n) is 16.6. The predicted molar refractivity (Wildman–Crippen MR) is 118 cm³/mol. The molecule has 0 radical (unpaired) electrons. The van der Waals surface area contributed by atoms with E-state index in [0.29, 0.717) is 5.75 Å². The van der Waals surface area contributed by atoms with E-state index >= 15 is 0 Å². The van der Waals surface area contributed by atoms with Gasteiger partial charge < -0.3 is 13.9 Å². The van der Waals surface area contributed by atoms with Gasteiger partial charge in [0.15, 0.2) is 0 Å². The number of carbonyl (C=O) groups excluding carboxylic acids is 1. The van der Waals surface area contributed by atoms with Crippen LogP contribution < -0.4 is 14.9 Å². The summed E-state index contributed by atoms with van der Waals surface area (Å²) < 4.78 is 30.3. The molecule has 1 heterocycles. The summed E-state index contributed by atoms with van der Waals surface area (Å²) in [5.74, 6) is -0.867. The van der Waals surface area contributed by atoms with Gasteiger partial charge in [0.2, 0.25) is 11.2 Å². The van der Waals surface area contributed by atoms with E-state index in [9.17, 15) is 14.0 Å². The van der Waals surface area contributed by atoms with Crippen molar-refractivity contribution in [1.29, 1.82) is 0 Å². The zero-order chi connectivity index (χ0) is 22.1. The molecule has 0 unspecified atom stereocenters. The van der Waals surface area contributed by atoms with E-state index in [1.165, 1.54) is 48.7 Å². The minimum Gasteiger partial charge on any atom is -0.460 e. The molecule has 0 amide bonds. The summed E-state index contributed by atoms with van der Waals surface area (Å²) in [5.41, 5.74) is -0.348. The third-order valence-corrected chi connectivity index (χ3v) is 4.97. The number of carbonyl (C=O) groups is 1. The summed E-state index contributed by atoms with van der Waals surface area (Å²) >= 11 is 0. The molecule has 156 valence electrons. The highest BCUT2D eigenvalue weighted by Gasteiger charge is 2.15. The third-order valence-electron chi connectivity index (χ3n) is 4.97. The molecule has 32 heavy (non-hydrogen) atoms. The number of hydrogen-bond acceptors (Lipinski definition) is 5. The predicted octanol–water partition coefficient (Wildman–Crippen LogP) is 6.10. The largest absolute Gasteiger partial charge is 0.460 e. The summed E-state index contributed by atoms with van der Waals surface area (Å²) in [6, 6.07) is 23.2. The van der Waals surface area contributed by atoms with Crippen molar-refractivity contribution in [3.8, 4) is 17.2 Å². The summed E-state index contributed by atoms with van der Waals surface area (Å²) in [5, 5.41) is 2.30. The number of fused-ring (bicyclic) bond motifs is 2. The fraction of sp³-hybridized carbons (Fsp3) is 0. The first-order valence-corrected chi connectivity index (χ1v) is 9.77. The van der Waals surface area contributed by atoms with Gasteiger partial charge in [-0.05, 0) is 47.2 Å². The molecule has 1 aromatic heterocycles. The van der Waals surface area contributed by atoms with E-state index in [2.05, 4.69) is 0 Å². The fourth-order valence-electron chi connectivity index (χ4n) is 3.37. The lowest BCUT2D eigenvalue weighted by Crippen LogP contribution is -2.11. The van der Waals surface area contributed by atoms with E-state index in [0.717, 1.165) is 10.8 Å². The van der Waals surface area contributed by atoms with Crippen LogP contribution in [-0.2, 0) is 0 Å². The van der Waals surface area contributed by atoms with Crippen molar-refractivity contribution >= 4 is 27.7 Å². The van der Waals surface area contributed by atoms with Crippen LogP contribution in [0.1, 0.15) is 10.4 Å². The molecule has 0 aliphatic heterocycles. The maximum atomic E-state index is 13.8. The SMILES string of the molecule is O=C(Oc1ccc2c(=O)c(Oc3ccc4ccccc4c3)coc2c1)c1ccccc1F. The van der Waals surface area contributed by atoms with Gasteiger partial charge in [-0.2, -0.15) is 0 Å². The molecule has 5 rings (SSSR count). The Kier molecular flexibility index (Phi) is 4.88. The molecule has 0 aliphatic rings. The van der Waals surface area contributed by atoms with Crippen molar-refractivity contribution in [2.75, 3.05) is 0 Å². The van der Waals surface area contributed by atoms with Gasteiger partial charge in [-0.15, -0.1) is 0 Å². The topological polar surface area (TPSA) is 65.7 Å². The highest BCUT2D eigenvalue weighted by Crippen LogP contribution is 2.27. The number of halogens is 1. The van der Waals surface area contributed by atoms with Crippen molar-refractivity contribution in [2.24, 2.45) is 0 Å². The third kappa shape index (κ3) is 3.70. The average Bonchev–Trinajstić information content (AvgIpc) is 2.81. The number of hydrogen-bond donors (Lipinski definition) is 0. The molecular weight excluding hydrogens is 411 g/mol. The van der Waals surface area contributed by atoms with E-state index in [4.69, 9.17) is 13.9 Å². The lowest BCUT2D eigenvalue weighted by atomic mass is 10.1. The molecular formula is C26H15FO5. The van der Waals surface area contributed by atoms with Crippen molar-refractivity contribution in [1.82, 2.24) is 0 Å². The molecule has 0 N–H and O–H groups in total. The molecule has 4 aromatic carbocycles. The quantitative estimate of drug-likeness (QED) is 0.257. The second kappa shape index (κ2) is 8.00.